The van der Waals surface area contributed by atoms with Crippen LogP contribution in [-0.2, 0) is 16.1 Å². The molecule has 1 atom stereocenters. The molecule has 0 fully saturated rings. The van der Waals surface area contributed by atoms with Crippen molar-refractivity contribution in [3.8, 4) is 0 Å². The average molecular weight is 211 g/mol. The van der Waals surface area contributed by atoms with Crippen molar-refractivity contribution in [2.75, 3.05) is 7.11 Å². The zero-order chi connectivity index (χ0) is 11.3. The van der Waals surface area contributed by atoms with Crippen LogP contribution in [0.3, 0.4) is 0 Å². The van der Waals surface area contributed by atoms with Crippen molar-refractivity contribution in [1.29, 1.82) is 0 Å². The number of esters is 1. The second kappa shape index (κ2) is 5.50. The Balaban J connectivity index is 2.49. The van der Waals surface area contributed by atoms with Crippen LogP contribution >= 0.6 is 0 Å². The lowest BCUT2D eigenvalue weighted by molar-refractivity contribution is -0.144. The summed E-state index contributed by atoms with van der Waals surface area (Å²) < 4.78 is 4.72. The summed E-state index contributed by atoms with van der Waals surface area (Å²) in [6.45, 7) is 4.53. The molecule has 5 heteroatoms. The molecule has 0 amide bonds. The first kappa shape index (κ1) is 11.7. The lowest BCUT2D eigenvalue weighted by Crippen LogP contribution is -2.41. The number of hydrogen-bond donors (Lipinski definition) is 2. The predicted octanol–water partition coefficient (Wildman–Crippen LogP) is 0.697. The number of carbonyl (C=O) groups is 1. The number of rotatable bonds is 5. The summed E-state index contributed by atoms with van der Waals surface area (Å²) in [6, 6.07) is 1.58. The number of carbonyl (C=O) groups excluding carboxylic acids is 1. The lowest BCUT2D eigenvalue weighted by Gasteiger charge is -2.19. The highest BCUT2D eigenvalue weighted by Gasteiger charge is 2.22. The summed E-state index contributed by atoms with van der Waals surface area (Å²) in [5, 5.41) is 9.78. The summed E-state index contributed by atoms with van der Waals surface area (Å²) in [5.74, 6) is -0.0371. The molecule has 5 nitrogen and oxygen atoms in total. The van der Waals surface area contributed by atoms with E-state index in [1.807, 2.05) is 19.9 Å². The molecule has 1 rings (SSSR count). The van der Waals surface area contributed by atoms with Gasteiger partial charge in [0.1, 0.15) is 6.04 Å². The maximum atomic E-state index is 11.4. The van der Waals surface area contributed by atoms with Gasteiger partial charge in [0, 0.05) is 18.4 Å². The number of nitrogens with one attached hydrogen (secondary N) is 2. The Bertz CT molecular complexity index is 296. The van der Waals surface area contributed by atoms with Crippen molar-refractivity contribution < 1.29 is 9.53 Å². The molecule has 1 aromatic rings. The van der Waals surface area contributed by atoms with Crippen LogP contribution in [0.25, 0.3) is 0 Å². The summed E-state index contributed by atoms with van der Waals surface area (Å²) >= 11 is 0. The van der Waals surface area contributed by atoms with Crippen LogP contribution in [0.4, 0.5) is 0 Å². The first-order valence-electron chi connectivity index (χ1n) is 4.94. The van der Waals surface area contributed by atoms with Crippen molar-refractivity contribution >= 4 is 5.97 Å². The molecular weight excluding hydrogens is 194 g/mol. The van der Waals surface area contributed by atoms with Crippen molar-refractivity contribution in [3.63, 3.8) is 0 Å². The van der Waals surface area contributed by atoms with E-state index in [-0.39, 0.29) is 17.9 Å². The van der Waals surface area contributed by atoms with Gasteiger partial charge in [0.2, 0.25) is 0 Å². The van der Waals surface area contributed by atoms with E-state index in [0.29, 0.717) is 6.54 Å². The number of H-pyrrole nitrogens is 1. The maximum absolute atomic E-state index is 11.4. The van der Waals surface area contributed by atoms with Gasteiger partial charge in [-0.05, 0) is 12.0 Å². The molecule has 0 saturated heterocycles. The van der Waals surface area contributed by atoms with Crippen molar-refractivity contribution in [2.24, 2.45) is 5.92 Å². The molecule has 0 radical (unpaired) electrons. The van der Waals surface area contributed by atoms with Gasteiger partial charge in [-0.2, -0.15) is 5.10 Å². The van der Waals surface area contributed by atoms with Crippen LogP contribution in [0.2, 0.25) is 0 Å². The van der Waals surface area contributed by atoms with E-state index < -0.39 is 0 Å². The Morgan fingerprint density at radius 3 is 2.87 bits per heavy atom. The maximum Gasteiger partial charge on any atom is 0.323 e. The number of hydrogen-bond acceptors (Lipinski definition) is 4. The SMILES string of the molecule is COC(=O)C(NCc1ccn[nH]1)C(C)C. The zero-order valence-corrected chi connectivity index (χ0v) is 9.28. The van der Waals surface area contributed by atoms with Crippen LogP contribution in [0, 0.1) is 5.92 Å². The summed E-state index contributed by atoms with van der Waals surface area (Å²) in [6.07, 6.45) is 1.68. The summed E-state index contributed by atoms with van der Waals surface area (Å²) in [4.78, 5) is 11.4. The second-order valence-electron chi connectivity index (χ2n) is 3.71. The second-order valence-corrected chi connectivity index (χ2v) is 3.71. The standard InChI is InChI=1S/C10H17N3O2/c1-7(2)9(10(14)15-3)11-6-8-4-5-12-13-8/h4-5,7,9,11H,6H2,1-3H3,(H,12,13). The first-order valence-corrected chi connectivity index (χ1v) is 4.94. The molecular formula is C10H17N3O2. The van der Waals surface area contributed by atoms with E-state index in [4.69, 9.17) is 4.74 Å². The fourth-order valence-electron chi connectivity index (χ4n) is 1.32. The molecule has 0 aliphatic rings. The number of ether oxygens (including phenoxy) is 1. The van der Waals surface area contributed by atoms with Gasteiger partial charge in [-0.25, -0.2) is 0 Å². The van der Waals surface area contributed by atoms with Gasteiger partial charge in [-0.1, -0.05) is 13.8 Å². The quantitative estimate of drug-likeness (QED) is 0.703. The summed E-state index contributed by atoms with van der Waals surface area (Å²) in [7, 11) is 1.40. The van der Waals surface area contributed by atoms with Gasteiger partial charge in [0.25, 0.3) is 0 Å². The van der Waals surface area contributed by atoms with Crippen LogP contribution in [-0.4, -0.2) is 29.3 Å². The number of aromatic amines is 1. The minimum atomic E-state index is -0.279. The van der Waals surface area contributed by atoms with Gasteiger partial charge in [-0.3, -0.25) is 15.2 Å². The van der Waals surface area contributed by atoms with Crippen LogP contribution in [0.1, 0.15) is 19.5 Å². The number of methoxy groups -OCH3 is 1. The van der Waals surface area contributed by atoms with Crippen LogP contribution in [0.15, 0.2) is 12.3 Å². The zero-order valence-electron chi connectivity index (χ0n) is 9.28. The lowest BCUT2D eigenvalue weighted by atomic mass is 10.0. The highest BCUT2D eigenvalue weighted by Crippen LogP contribution is 2.04. The van der Waals surface area contributed by atoms with E-state index in [0.717, 1.165) is 5.69 Å². The normalized spacial score (nSPS) is 12.8. The molecule has 84 valence electrons. The third kappa shape index (κ3) is 3.36. The molecule has 0 aromatic carbocycles. The summed E-state index contributed by atoms with van der Waals surface area (Å²) in [5.41, 5.74) is 0.949. The highest BCUT2D eigenvalue weighted by molar-refractivity contribution is 5.75. The molecule has 15 heavy (non-hydrogen) atoms. The highest BCUT2D eigenvalue weighted by atomic mass is 16.5. The van der Waals surface area contributed by atoms with Gasteiger partial charge in [0.05, 0.1) is 7.11 Å². The number of aromatic nitrogens is 2. The Kier molecular flexibility index (Phi) is 4.30. The minimum Gasteiger partial charge on any atom is -0.468 e. The van der Waals surface area contributed by atoms with Crippen LogP contribution in [0.5, 0.6) is 0 Å². The minimum absolute atomic E-state index is 0.195. The Labute approximate surface area is 89.2 Å². The van der Waals surface area contributed by atoms with E-state index in [1.165, 1.54) is 7.11 Å². The number of nitrogens with zero attached hydrogens (tertiary/aromatic N) is 1. The van der Waals surface area contributed by atoms with Gasteiger partial charge in [-0.15, -0.1) is 0 Å². The molecule has 0 spiro atoms. The Hall–Kier alpha value is -1.36. The fraction of sp³-hybridized carbons (Fsp3) is 0.600. The van der Waals surface area contributed by atoms with Crippen molar-refractivity contribution in [1.82, 2.24) is 15.5 Å². The van der Waals surface area contributed by atoms with Gasteiger partial charge < -0.3 is 4.74 Å². The van der Waals surface area contributed by atoms with Crippen molar-refractivity contribution in [2.45, 2.75) is 26.4 Å². The fourth-order valence-corrected chi connectivity index (χ4v) is 1.32. The molecule has 1 unspecified atom stereocenters. The Morgan fingerprint density at radius 2 is 2.40 bits per heavy atom. The monoisotopic (exact) mass is 211 g/mol. The van der Waals surface area contributed by atoms with Crippen molar-refractivity contribution in [3.05, 3.63) is 18.0 Å². The smallest absolute Gasteiger partial charge is 0.323 e. The third-order valence-electron chi connectivity index (χ3n) is 2.19. The Morgan fingerprint density at radius 1 is 1.67 bits per heavy atom. The molecule has 1 heterocycles. The van der Waals surface area contributed by atoms with E-state index in [9.17, 15) is 4.79 Å². The molecule has 0 saturated carbocycles. The molecule has 1 aromatic heterocycles. The van der Waals surface area contributed by atoms with Gasteiger partial charge in [0.15, 0.2) is 0 Å². The van der Waals surface area contributed by atoms with Gasteiger partial charge >= 0.3 is 5.97 Å². The van der Waals surface area contributed by atoms with Crippen LogP contribution < -0.4 is 5.32 Å². The topological polar surface area (TPSA) is 67.0 Å². The predicted molar refractivity (Wildman–Crippen MR) is 56.1 cm³/mol. The first-order chi connectivity index (χ1) is 7.15. The van der Waals surface area contributed by atoms with E-state index in [2.05, 4.69) is 15.5 Å². The molecule has 0 aliphatic heterocycles. The molecule has 0 bridgehead atoms. The largest absolute Gasteiger partial charge is 0.468 e. The van der Waals surface area contributed by atoms with E-state index in [1.54, 1.807) is 6.20 Å². The third-order valence-corrected chi connectivity index (χ3v) is 2.19. The average Bonchev–Trinajstić information content (AvgIpc) is 2.70. The molecule has 2 N–H and O–H groups in total. The molecule has 0 aliphatic carbocycles. The van der Waals surface area contributed by atoms with E-state index >= 15 is 0 Å².